The molecule has 2 atom stereocenters. The quantitative estimate of drug-likeness (QED) is 0.458. The predicted octanol–water partition coefficient (Wildman–Crippen LogP) is 1.46. The van der Waals surface area contributed by atoms with Gasteiger partial charge in [-0.15, -0.1) is 0 Å². The summed E-state index contributed by atoms with van der Waals surface area (Å²) in [5.41, 5.74) is -0.373. The summed E-state index contributed by atoms with van der Waals surface area (Å²) in [6.45, 7) is 5.35. The SMILES string of the molecule is CC1CN(C(=O)C(C)(C)O)[C@H](CO)CN1c1ncnc2c1c(I)cn2-c1cc(C#N)ccn1. The number of halogens is 1. The van der Waals surface area contributed by atoms with Crippen LogP contribution in [0.25, 0.3) is 16.9 Å². The van der Waals surface area contributed by atoms with Crippen molar-refractivity contribution in [3.05, 3.63) is 40.0 Å². The van der Waals surface area contributed by atoms with E-state index in [2.05, 4.69) is 48.5 Å². The van der Waals surface area contributed by atoms with Gasteiger partial charge in [0.25, 0.3) is 5.91 Å². The summed E-state index contributed by atoms with van der Waals surface area (Å²) in [7, 11) is 0. The molecule has 172 valence electrons. The smallest absolute Gasteiger partial charge is 0.254 e. The molecule has 0 spiro atoms. The van der Waals surface area contributed by atoms with Gasteiger partial charge in [0, 0.05) is 35.1 Å². The van der Waals surface area contributed by atoms with E-state index in [1.807, 2.05) is 17.7 Å². The zero-order valence-corrected chi connectivity index (χ0v) is 20.6. The molecule has 1 unspecified atom stereocenters. The van der Waals surface area contributed by atoms with Crippen LogP contribution in [-0.4, -0.2) is 77.9 Å². The monoisotopic (exact) mass is 561 g/mol. The molecular weight excluding hydrogens is 537 g/mol. The molecule has 4 heterocycles. The third kappa shape index (κ3) is 4.25. The molecule has 3 aromatic heterocycles. The van der Waals surface area contributed by atoms with E-state index < -0.39 is 17.6 Å². The molecule has 11 heteroatoms. The van der Waals surface area contributed by atoms with Gasteiger partial charge in [-0.3, -0.25) is 9.36 Å². The molecule has 33 heavy (non-hydrogen) atoms. The Bertz CT molecular complexity index is 1250. The number of rotatable bonds is 4. The van der Waals surface area contributed by atoms with Crippen molar-refractivity contribution < 1.29 is 15.0 Å². The second kappa shape index (κ2) is 8.85. The van der Waals surface area contributed by atoms with Crippen LogP contribution in [0.3, 0.4) is 0 Å². The van der Waals surface area contributed by atoms with Crippen LogP contribution in [0, 0.1) is 14.9 Å². The summed E-state index contributed by atoms with van der Waals surface area (Å²) in [6.07, 6.45) is 4.96. The molecule has 4 rings (SSSR count). The first kappa shape index (κ1) is 23.3. The normalized spacial score (nSPS) is 19.1. The van der Waals surface area contributed by atoms with Crippen molar-refractivity contribution in [3.8, 4) is 11.9 Å². The molecule has 0 saturated carbocycles. The lowest BCUT2D eigenvalue weighted by Crippen LogP contribution is -2.63. The second-order valence-electron chi connectivity index (χ2n) is 8.61. The van der Waals surface area contributed by atoms with Crippen LogP contribution in [0.2, 0.25) is 0 Å². The molecule has 1 aliphatic heterocycles. The van der Waals surface area contributed by atoms with E-state index in [0.717, 1.165) is 8.96 Å². The van der Waals surface area contributed by atoms with Crippen LogP contribution in [0.4, 0.5) is 5.82 Å². The van der Waals surface area contributed by atoms with Gasteiger partial charge in [-0.2, -0.15) is 5.26 Å². The van der Waals surface area contributed by atoms with Gasteiger partial charge in [0.05, 0.1) is 29.7 Å². The standard InChI is InChI=1S/C22H24IN7O3/c1-13-8-29(21(32)22(2,3)33)15(11-31)9-28(13)19-18-16(23)10-30(20(18)27-12-26-19)17-6-14(7-24)4-5-25-17/h4-6,10,12-13,15,31,33H,8-9,11H2,1-3H3/t13?,15-/m0/s1. The van der Waals surface area contributed by atoms with Gasteiger partial charge in [-0.05, 0) is 55.5 Å². The average molecular weight is 561 g/mol. The molecule has 1 saturated heterocycles. The summed E-state index contributed by atoms with van der Waals surface area (Å²) in [6, 6.07) is 4.87. The van der Waals surface area contributed by atoms with Gasteiger partial charge in [0.15, 0.2) is 5.65 Å². The number of nitrogens with zero attached hydrogens (tertiary/aromatic N) is 7. The van der Waals surface area contributed by atoms with Gasteiger partial charge in [0.1, 0.15) is 23.6 Å². The molecule has 1 amide bonds. The molecule has 1 aliphatic rings. The highest BCUT2D eigenvalue weighted by Gasteiger charge is 2.40. The van der Waals surface area contributed by atoms with E-state index in [0.29, 0.717) is 35.9 Å². The van der Waals surface area contributed by atoms with Crippen molar-refractivity contribution in [2.75, 3.05) is 24.6 Å². The highest BCUT2D eigenvalue weighted by Crippen LogP contribution is 2.33. The fourth-order valence-corrected chi connectivity index (χ4v) is 4.87. The van der Waals surface area contributed by atoms with E-state index in [1.165, 1.54) is 20.2 Å². The highest BCUT2D eigenvalue weighted by atomic mass is 127. The summed E-state index contributed by atoms with van der Waals surface area (Å²) >= 11 is 2.23. The number of hydrogen-bond donors (Lipinski definition) is 2. The zero-order valence-electron chi connectivity index (χ0n) is 18.5. The molecule has 3 aromatic rings. The lowest BCUT2D eigenvalue weighted by molar-refractivity contribution is -0.152. The van der Waals surface area contributed by atoms with E-state index >= 15 is 0 Å². The van der Waals surface area contributed by atoms with Gasteiger partial charge in [-0.25, -0.2) is 15.0 Å². The Morgan fingerprint density at radius 1 is 1.33 bits per heavy atom. The third-order valence-corrected chi connectivity index (χ3v) is 6.56. The van der Waals surface area contributed by atoms with Crippen molar-refractivity contribution >= 4 is 45.3 Å². The third-order valence-electron chi connectivity index (χ3n) is 5.75. The number of aliphatic hydroxyl groups is 2. The number of pyridine rings is 1. The predicted molar refractivity (Wildman–Crippen MR) is 130 cm³/mol. The molecule has 10 nitrogen and oxygen atoms in total. The molecule has 0 bridgehead atoms. The van der Waals surface area contributed by atoms with Gasteiger partial charge < -0.3 is 20.0 Å². The Balaban J connectivity index is 1.76. The number of carbonyl (C=O) groups excluding carboxylic acids is 1. The number of fused-ring (bicyclic) bond motifs is 1. The topological polar surface area (TPSA) is 131 Å². The van der Waals surface area contributed by atoms with E-state index in [4.69, 9.17) is 0 Å². The van der Waals surface area contributed by atoms with Crippen LogP contribution in [0.1, 0.15) is 26.3 Å². The van der Waals surface area contributed by atoms with Crippen LogP contribution in [-0.2, 0) is 4.79 Å². The Morgan fingerprint density at radius 3 is 2.76 bits per heavy atom. The Morgan fingerprint density at radius 2 is 2.09 bits per heavy atom. The maximum absolute atomic E-state index is 12.7. The fourth-order valence-electron chi connectivity index (χ4n) is 4.10. The molecular formula is C22H24IN7O3. The number of piperazine rings is 1. The van der Waals surface area contributed by atoms with E-state index in [-0.39, 0.29) is 12.6 Å². The number of carbonyl (C=O) groups is 1. The maximum atomic E-state index is 12.7. The Kier molecular flexibility index (Phi) is 6.26. The number of aromatic nitrogens is 4. The van der Waals surface area contributed by atoms with Crippen molar-refractivity contribution in [3.63, 3.8) is 0 Å². The van der Waals surface area contributed by atoms with Gasteiger partial charge in [-0.1, -0.05) is 0 Å². The average Bonchev–Trinajstić information content (AvgIpc) is 3.14. The number of amides is 1. The van der Waals surface area contributed by atoms with E-state index in [9.17, 15) is 20.3 Å². The summed E-state index contributed by atoms with van der Waals surface area (Å²) in [5, 5.41) is 30.3. The van der Waals surface area contributed by atoms with Crippen LogP contribution >= 0.6 is 22.6 Å². The number of hydrogen-bond acceptors (Lipinski definition) is 8. The zero-order chi connectivity index (χ0) is 23.9. The fraction of sp³-hybridized carbons (Fsp3) is 0.409. The second-order valence-corrected chi connectivity index (χ2v) is 9.77. The van der Waals surface area contributed by atoms with E-state index in [1.54, 1.807) is 23.2 Å². The van der Waals surface area contributed by atoms with Crippen LogP contribution in [0.5, 0.6) is 0 Å². The van der Waals surface area contributed by atoms with Crippen LogP contribution in [0.15, 0.2) is 30.9 Å². The first-order valence-electron chi connectivity index (χ1n) is 10.4. The molecule has 0 radical (unpaired) electrons. The number of anilines is 1. The lowest BCUT2D eigenvalue weighted by atomic mass is 10.0. The van der Waals surface area contributed by atoms with Crippen molar-refractivity contribution in [2.45, 2.75) is 38.5 Å². The number of aliphatic hydroxyl groups excluding tert-OH is 1. The highest BCUT2D eigenvalue weighted by molar-refractivity contribution is 14.1. The van der Waals surface area contributed by atoms with Crippen LogP contribution < -0.4 is 4.90 Å². The summed E-state index contributed by atoms with van der Waals surface area (Å²) in [5.74, 6) is 0.861. The minimum atomic E-state index is -1.52. The summed E-state index contributed by atoms with van der Waals surface area (Å²) in [4.78, 5) is 29.8. The molecule has 0 aromatic carbocycles. The number of nitriles is 1. The van der Waals surface area contributed by atoms with Crippen molar-refractivity contribution in [2.24, 2.45) is 0 Å². The van der Waals surface area contributed by atoms with Crippen molar-refractivity contribution in [1.82, 2.24) is 24.4 Å². The molecule has 2 N–H and O–H groups in total. The minimum absolute atomic E-state index is 0.114. The first-order valence-corrected chi connectivity index (χ1v) is 11.5. The maximum Gasteiger partial charge on any atom is 0.254 e. The van der Waals surface area contributed by atoms with Gasteiger partial charge >= 0.3 is 0 Å². The molecule has 0 aliphatic carbocycles. The Hall–Kier alpha value is -2.82. The first-order chi connectivity index (χ1) is 15.7. The Labute approximate surface area is 204 Å². The minimum Gasteiger partial charge on any atom is -0.394 e. The largest absolute Gasteiger partial charge is 0.394 e. The molecule has 1 fully saturated rings. The van der Waals surface area contributed by atoms with Gasteiger partial charge in [0.2, 0.25) is 0 Å². The lowest BCUT2D eigenvalue weighted by Gasteiger charge is -2.46. The summed E-state index contributed by atoms with van der Waals surface area (Å²) < 4.78 is 2.73. The van der Waals surface area contributed by atoms with Crippen molar-refractivity contribution in [1.29, 1.82) is 5.26 Å².